The van der Waals surface area contributed by atoms with E-state index in [4.69, 9.17) is 4.52 Å². The van der Waals surface area contributed by atoms with Gasteiger partial charge in [0.1, 0.15) is 5.76 Å². The second kappa shape index (κ2) is 7.71. The smallest absolute Gasteiger partial charge is 0.253 e. The van der Waals surface area contributed by atoms with E-state index >= 15 is 0 Å². The molecule has 1 atom stereocenters. The van der Waals surface area contributed by atoms with Gasteiger partial charge in [-0.3, -0.25) is 9.59 Å². The Kier molecular flexibility index (Phi) is 5.13. The van der Waals surface area contributed by atoms with E-state index in [1.165, 1.54) is 11.3 Å². The Balaban J connectivity index is 1.43. The number of thiazole rings is 1. The fraction of sp³-hybridized carbons (Fsp3) is 0.400. The number of nitrogens with one attached hydrogen (secondary N) is 1. The first-order valence-electron chi connectivity index (χ1n) is 9.35. The van der Waals surface area contributed by atoms with Crippen LogP contribution in [0.25, 0.3) is 10.2 Å². The van der Waals surface area contributed by atoms with Gasteiger partial charge in [-0.2, -0.15) is 0 Å². The van der Waals surface area contributed by atoms with Crippen LogP contribution in [-0.4, -0.2) is 39.4 Å². The Bertz CT molecular complexity index is 1010. The van der Waals surface area contributed by atoms with Crippen molar-refractivity contribution in [2.24, 2.45) is 0 Å². The number of aromatic nitrogens is 2. The Morgan fingerprint density at radius 3 is 3.00 bits per heavy atom. The highest BCUT2D eigenvalue weighted by atomic mass is 32.1. The molecule has 8 heteroatoms. The number of benzene rings is 1. The van der Waals surface area contributed by atoms with Crippen LogP contribution < -0.4 is 5.32 Å². The van der Waals surface area contributed by atoms with Crippen molar-refractivity contribution in [2.45, 2.75) is 45.7 Å². The molecule has 1 unspecified atom stereocenters. The molecule has 2 aromatic heterocycles. The molecule has 0 saturated carbocycles. The number of aryl methyl sites for hydroxylation is 2. The van der Waals surface area contributed by atoms with Gasteiger partial charge in [0, 0.05) is 24.6 Å². The molecule has 1 saturated heterocycles. The number of amides is 2. The lowest BCUT2D eigenvalue weighted by Gasteiger charge is -2.21. The van der Waals surface area contributed by atoms with Crippen molar-refractivity contribution >= 4 is 33.4 Å². The molecule has 0 aliphatic carbocycles. The highest BCUT2D eigenvalue weighted by Crippen LogP contribution is 2.23. The summed E-state index contributed by atoms with van der Waals surface area (Å²) in [7, 11) is 0. The zero-order valence-corrected chi connectivity index (χ0v) is 16.7. The summed E-state index contributed by atoms with van der Waals surface area (Å²) in [5.74, 6) is 0.741. The average molecular weight is 398 g/mol. The molecule has 1 aliphatic heterocycles. The van der Waals surface area contributed by atoms with Gasteiger partial charge in [0.2, 0.25) is 5.91 Å². The molecule has 7 nitrogen and oxygen atoms in total. The lowest BCUT2D eigenvalue weighted by Crippen LogP contribution is -2.36. The summed E-state index contributed by atoms with van der Waals surface area (Å²) in [5.41, 5.74) is 5.01. The molecule has 0 spiro atoms. The Labute approximate surface area is 166 Å². The van der Waals surface area contributed by atoms with Gasteiger partial charge in [-0.1, -0.05) is 11.2 Å². The van der Waals surface area contributed by atoms with Gasteiger partial charge < -0.3 is 14.7 Å². The maximum Gasteiger partial charge on any atom is 0.253 e. The number of hydrogen-bond donors (Lipinski definition) is 1. The highest BCUT2D eigenvalue weighted by Gasteiger charge is 2.26. The molecule has 2 amide bonds. The third kappa shape index (κ3) is 3.64. The molecule has 146 valence electrons. The van der Waals surface area contributed by atoms with Crippen molar-refractivity contribution < 1.29 is 14.1 Å². The van der Waals surface area contributed by atoms with Gasteiger partial charge in [-0.25, -0.2) is 4.98 Å². The number of carbonyl (C=O) groups excluding carboxylic acids is 2. The molecule has 3 heterocycles. The zero-order chi connectivity index (χ0) is 19.7. The van der Waals surface area contributed by atoms with Crippen LogP contribution in [0.1, 0.15) is 46.6 Å². The van der Waals surface area contributed by atoms with Crippen molar-refractivity contribution in [1.29, 1.82) is 0 Å². The average Bonchev–Trinajstić information content (AvgIpc) is 3.24. The van der Waals surface area contributed by atoms with Crippen LogP contribution in [0.4, 0.5) is 0 Å². The Hall–Kier alpha value is -2.74. The zero-order valence-electron chi connectivity index (χ0n) is 15.9. The molecule has 0 bridgehead atoms. The molecule has 1 aromatic carbocycles. The second-order valence-electron chi connectivity index (χ2n) is 7.12. The fourth-order valence-electron chi connectivity index (χ4n) is 3.59. The molecule has 0 radical (unpaired) electrons. The minimum Gasteiger partial charge on any atom is -0.361 e. The van der Waals surface area contributed by atoms with Crippen molar-refractivity contribution in [1.82, 2.24) is 20.4 Å². The van der Waals surface area contributed by atoms with E-state index in [0.717, 1.165) is 33.7 Å². The van der Waals surface area contributed by atoms with Crippen molar-refractivity contribution in [3.05, 3.63) is 46.3 Å². The van der Waals surface area contributed by atoms with Crippen LogP contribution in [0, 0.1) is 13.8 Å². The van der Waals surface area contributed by atoms with E-state index in [0.29, 0.717) is 31.5 Å². The summed E-state index contributed by atoms with van der Waals surface area (Å²) in [4.78, 5) is 31.5. The topological polar surface area (TPSA) is 88.3 Å². The van der Waals surface area contributed by atoms with Crippen molar-refractivity contribution in [3.8, 4) is 0 Å². The quantitative estimate of drug-likeness (QED) is 0.729. The minimum atomic E-state index is -0.105. The monoisotopic (exact) mass is 398 g/mol. The first-order valence-corrected chi connectivity index (χ1v) is 10.2. The van der Waals surface area contributed by atoms with Crippen LogP contribution in [0.3, 0.4) is 0 Å². The SMILES string of the molecule is Cc1noc(C)c1CN1CCC(NC(=O)c2cccc3ncsc23)CCC1=O. The predicted octanol–water partition coefficient (Wildman–Crippen LogP) is 3.21. The van der Waals surface area contributed by atoms with E-state index in [-0.39, 0.29) is 17.9 Å². The molecule has 3 aromatic rings. The molecule has 1 N–H and O–H groups in total. The third-order valence-corrected chi connectivity index (χ3v) is 6.15. The van der Waals surface area contributed by atoms with Gasteiger partial charge in [-0.15, -0.1) is 11.3 Å². The molecule has 28 heavy (non-hydrogen) atoms. The van der Waals surface area contributed by atoms with Crippen LogP contribution >= 0.6 is 11.3 Å². The molecular weight excluding hydrogens is 376 g/mol. The van der Waals surface area contributed by atoms with E-state index in [1.54, 1.807) is 5.51 Å². The van der Waals surface area contributed by atoms with E-state index in [2.05, 4.69) is 15.5 Å². The summed E-state index contributed by atoms with van der Waals surface area (Å²) < 4.78 is 6.10. The normalized spacial score (nSPS) is 17.7. The number of nitrogens with zero attached hydrogens (tertiary/aromatic N) is 3. The van der Waals surface area contributed by atoms with Crippen LogP contribution in [0.5, 0.6) is 0 Å². The maximum absolute atomic E-state index is 12.8. The summed E-state index contributed by atoms with van der Waals surface area (Å²) in [6.45, 7) is 4.84. The summed E-state index contributed by atoms with van der Waals surface area (Å²) in [6.07, 6.45) is 1.78. The number of likely N-dealkylation sites (tertiary alicyclic amines) is 1. The fourth-order valence-corrected chi connectivity index (χ4v) is 4.40. The number of hydrogen-bond acceptors (Lipinski definition) is 6. The largest absolute Gasteiger partial charge is 0.361 e. The lowest BCUT2D eigenvalue weighted by molar-refractivity contribution is -0.131. The van der Waals surface area contributed by atoms with Gasteiger partial charge in [0.15, 0.2) is 0 Å². The molecule has 4 rings (SSSR count). The second-order valence-corrected chi connectivity index (χ2v) is 7.98. The van der Waals surface area contributed by atoms with Crippen LogP contribution in [-0.2, 0) is 11.3 Å². The summed E-state index contributed by atoms with van der Waals surface area (Å²) in [5, 5.41) is 7.07. The van der Waals surface area contributed by atoms with Crippen molar-refractivity contribution in [3.63, 3.8) is 0 Å². The Morgan fingerprint density at radius 1 is 1.36 bits per heavy atom. The van der Waals surface area contributed by atoms with E-state index < -0.39 is 0 Å². The first-order chi connectivity index (χ1) is 13.5. The number of fused-ring (bicyclic) bond motifs is 1. The predicted molar refractivity (Wildman–Crippen MR) is 106 cm³/mol. The van der Waals surface area contributed by atoms with Crippen molar-refractivity contribution in [2.75, 3.05) is 6.54 Å². The van der Waals surface area contributed by atoms with Gasteiger partial charge >= 0.3 is 0 Å². The van der Waals surface area contributed by atoms with Crippen LogP contribution in [0.15, 0.2) is 28.2 Å². The number of rotatable bonds is 4. The van der Waals surface area contributed by atoms with Crippen LogP contribution in [0.2, 0.25) is 0 Å². The minimum absolute atomic E-state index is 0.0331. The first kappa shape index (κ1) is 18.6. The lowest BCUT2D eigenvalue weighted by atomic mass is 10.1. The third-order valence-electron chi connectivity index (χ3n) is 5.27. The van der Waals surface area contributed by atoms with Gasteiger partial charge in [0.25, 0.3) is 5.91 Å². The molecule has 1 aliphatic rings. The number of carbonyl (C=O) groups is 2. The summed E-state index contributed by atoms with van der Waals surface area (Å²) in [6, 6.07) is 5.54. The van der Waals surface area contributed by atoms with Gasteiger partial charge in [-0.05, 0) is 38.8 Å². The standard InChI is InChI=1S/C20H22N4O3S/c1-12-16(13(2)27-23-12)10-24-9-8-14(6-7-18(24)25)22-20(26)15-4-3-5-17-19(15)28-11-21-17/h3-5,11,14H,6-10H2,1-2H3,(H,22,26). The van der Waals surface area contributed by atoms with E-state index in [9.17, 15) is 9.59 Å². The van der Waals surface area contributed by atoms with Gasteiger partial charge in [0.05, 0.1) is 33.5 Å². The summed E-state index contributed by atoms with van der Waals surface area (Å²) >= 11 is 1.46. The molecule has 1 fully saturated rings. The molecular formula is C20H22N4O3S. The highest BCUT2D eigenvalue weighted by molar-refractivity contribution is 7.17. The van der Waals surface area contributed by atoms with E-state index in [1.807, 2.05) is 36.9 Å². The Morgan fingerprint density at radius 2 is 2.21 bits per heavy atom. The maximum atomic E-state index is 12.8.